The standard InChI is InChI=1S/C22H28ClN7O5S/c1-12(14-6-7-14)20-29-28-16(30(20)17-21(34-4)26-11-27-22(17)35-5)10-36(31,32)13(2)18(33-3)19-24-8-15(23)9-25-19/h8-9,11-14,18H,6-7,10H2,1-5H3/t12-,13-,18-/m0/s1. The van der Waals surface area contributed by atoms with Crippen molar-refractivity contribution in [3.05, 3.63) is 41.2 Å². The maximum Gasteiger partial charge on any atom is 0.245 e. The van der Waals surface area contributed by atoms with E-state index in [0.29, 0.717) is 22.5 Å². The fourth-order valence-electron chi connectivity index (χ4n) is 4.08. The lowest BCUT2D eigenvalue weighted by Gasteiger charge is -2.22. The van der Waals surface area contributed by atoms with Crippen LogP contribution in [0.2, 0.25) is 5.02 Å². The van der Waals surface area contributed by atoms with E-state index >= 15 is 0 Å². The zero-order valence-corrected chi connectivity index (χ0v) is 22.2. The zero-order valence-electron chi connectivity index (χ0n) is 20.6. The highest BCUT2D eigenvalue weighted by atomic mass is 35.5. The smallest absolute Gasteiger partial charge is 0.245 e. The number of hydrogen-bond acceptors (Lipinski definition) is 11. The maximum atomic E-state index is 13.6. The molecule has 0 amide bonds. The van der Waals surface area contributed by atoms with Crippen LogP contribution in [0.1, 0.15) is 56.2 Å². The van der Waals surface area contributed by atoms with Gasteiger partial charge in [-0.3, -0.25) is 4.57 Å². The number of hydrogen-bond donors (Lipinski definition) is 0. The summed E-state index contributed by atoms with van der Waals surface area (Å²) in [4.78, 5) is 16.7. The zero-order chi connectivity index (χ0) is 26.0. The number of aromatic nitrogens is 7. The van der Waals surface area contributed by atoms with Crippen LogP contribution < -0.4 is 9.47 Å². The van der Waals surface area contributed by atoms with Crippen molar-refractivity contribution >= 4 is 21.4 Å². The van der Waals surface area contributed by atoms with Crippen molar-refractivity contribution in [2.45, 2.75) is 49.7 Å². The summed E-state index contributed by atoms with van der Waals surface area (Å²) < 4.78 is 45.3. The molecule has 0 spiro atoms. The molecule has 3 aromatic heterocycles. The first-order valence-electron chi connectivity index (χ1n) is 11.3. The van der Waals surface area contributed by atoms with Gasteiger partial charge in [0.25, 0.3) is 0 Å². The van der Waals surface area contributed by atoms with Gasteiger partial charge in [0.05, 0.1) is 24.5 Å². The number of halogens is 1. The van der Waals surface area contributed by atoms with Gasteiger partial charge in [-0.2, -0.15) is 9.97 Å². The molecule has 3 atom stereocenters. The average Bonchev–Trinajstić information content (AvgIpc) is 3.65. The maximum absolute atomic E-state index is 13.6. The molecule has 14 heteroatoms. The number of nitrogens with zero attached hydrogens (tertiary/aromatic N) is 7. The predicted octanol–water partition coefficient (Wildman–Crippen LogP) is 2.72. The van der Waals surface area contributed by atoms with Crippen LogP contribution >= 0.6 is 11.6 Å². The molecular formula is C22H28ClN7O5S. The molecule has 3 aromatic rings. The second kappa shape index (κ2) is 10.6. The number of ether oxygens (including phenoxy) is 3. The minimum absolute atomic E-state index is 0.0233. The highest BCUT2D eigenvalue weighted by Gasteiger charge is 2.38. The Morgan fingerprint density at radius 1 is 1.03 bits per heavy atom. The summed E-state index contributed by atoms with van der Waals surface area (Å²) in [5.41, 5.74) is 0.345. The van der Waals surface area contributed by atoms with Gasteiger partial charge in [0.2, 0.25) is 11.8 Å². The largest absolute Gasteiger partial charge is 0.479 e. The summed E-state index contributed by atoms with van der Waals surface area (Å²) >= 11 is 5.88. The van der Waals surface area contributed by atoms with E-state index in [1.54, 1.807) is 11.5 Å². The molecule has 194 valence electrons. The molecule has 0 unspecified atom stereocenters. The van der Waals surface area contributed by atoms with E-state index in [2.05, 4.69) is 30.1 Å². The van der Waals surface area contributed by atoms with E-state index in [1.807, 2.05) is 6.92 Å². The predicted molar refractivity (Wildman–Crippen MR) is 130 cm³/mol. The fraction of sp³-hybridized carbons (Fsp3) is 0.545. The van der Waals surface area contributed by atoms with Gasteiger partial charge < -0.3 is 14.2 Å². The third-order valence-electron chi connectivity index (χ3n) is 6.33. The van der Waals surface area contributed by atoms with Crippen LogP contribution in [0, 0.1) is 5.92 Å². The Bertz CT molecular complexity index is 1290. The second-order valence-electron chi connectivity index (χ2n) is 8.60. The van der Waals surface area contributed by atoms with Gasteiger partial charge in [-0.1, -0.05) is 18.5 Å². The van der Waals surface area contributed by atoms with E-state index in [0.717, 1.165) is 12.8 Å². The van der Waals surface area contributed by atoms with Gasteiger partial charge in [0.15, 0.2) is 27.2 Å². The molecule has 4 rings (SSSR count). The van der Waals surface area contributed by atoms with E-state index in [-0.39, 0.29) is 29.3 Å². The summed E-state index contributed by atoms with van der Waals surface area (Å²) in [6.07, 6.45) is 5.31. The molecule has 0 N–H and O–H groups in total. The molecule has 3 heterocycles. The highest BCUT2D eigenvalue weighted by Crippen LogP contribution is 2.43. The first kappa shape index (κ1) is 26.2. The topological polar surface area (TPSA) is 144 Å². The molecule has 0 aliphatic heterocycles. The Morgan fingerprint density at radius 3 is 2.17 bits per heavy atom. The van der Waals surface area contributed by atoms with Crippen LogP contribution in [-0.2, 0) is 20.3 Å². The van der Waals surface area contributed by atoms with Crippen molar-refractivity contribution in [1.82, 2.24) is 34.7 Å². The molecule has 1 aliphatic carbocycles. The van der Waals surface area contributed by atoms with Crippen LogP contribution in [0.3, 0.4) is 0 Å². The van der Waals surface area contributed by atoms with Gasteiger partial charge in [-0.05, 0) is 25.7 Å². The first-order valence-corrected chi connectivity index (χ1v) is 13.4. The molecule has 0 saturated heterocycles. The molecule has 12 nitrogen and oxygen atoms in total. The monoisotopic (exact) mass is 537 g/mol. The molecule has 36 heavy (non-hydrogen) atoms. The summed E-state index contributed by atoms with van der Waals surface area (Å²) in [6.45, 7) is 3.59. The van der Waals surface area contributed by atoms with Crippen LogP contribution in [0.4, 0.5) is 0 Å². The van der Waals surface area contributed by atoms with Crippen LogP contribution in [-0.4, -0.2) is 69.7 Å². The lowest BCUT2D eigenvalue weighted by atomic mass is 10.1. The number of rotatable bonds is 11. The van der Waals surface area contributed by atoms with E-state index < -0.39 is 26.9 Å². The van der Waals surface area contributed by atoms with Crippen molar-refractivity contribution in [2.75, 3.05) is 21.3 Å². The van der Waals surface area contributed by atoms with Crippen LogP contribution in [0.25, 0.3) is 5.69 Å². The van der Waals surface area contributed by atoms with Crippen molar-refractivity contribution in [3.8, 4) is 17.4 Å². The van der Waals surface area contributed by atoms with Crippen molar-refractivity contribution < 1.29 is 22.6 Å². The summed E-state index contributed by atoms with van der Waals surface area (Å²) in [7, 11) is 0.484. The average molecular weight is 538 g/mol. The van der Waals surface area contributed by atoms with Gasteiger partial charge in [-0.25, -0.2) is 18.4 Å². The highest BCUT2D eigenvalue weighted by molar-refractivity contribution is 7.91. The Hall–Kier alpha value is -2.90. The fourth-order valence-corrected chi connectivity index (χ4v) is 5.60. The van der Waals surface area contributed by atoms with Crippen molar-refractivity contribution in [1.29, 1.82) is 0 Å². The number of sulfone groups is 1. The quantitative estimate of drug-likeness (QED) is 0.356. The van der Waals surface area contributed by atoms with Crippen LogP contribution in [0.5, 0.6) is 11.8 Å². The van der Waals surface area contributed by atoms with Crippen molar-refractivity contribution in [2.24, 2.45) is 5.92 Å². The van der Waals surface area contributed by atoms with Crippen LogP contribution in [0.15, 0.2) is 18.7 Å². The SMILES string of the molecule is COc1ncnc(OC)c1-n1c(CS(=O)(=O)[C@@H](C)[C@H](OC)c2ncc(Cl)cn2)nnc1[C@@H](C)C1CC1. The summed E-state index contributed by atoms with van der Waals surface area (Å²) in [5, 5.41) is 8.01. The Balaban J connectivity index is 1.77. The Labute approximate surface area is 214 Å². The lowest BCUT2D eigenvalue weighted by molar-refractivity contribution is 0.0948. The lowest BCUT2D eigenvalue weighted by Crippen LogP contribution is -2.30. The molecule has 0 bridgehead atoms. The molecule has 0 aromatic carbocycles. The normalized spacial score (nSPS) is 16.4. The third kappa shape index (κ3) is 5.13. The molecule has 0 radical (unpaired) electrons. The van der Waals surface area contributed by atoms with E-state index in [1.165, 1.54) is 40.1 Å². The van der Waals surface area contributed by atoms with E-state index in [9.17, 15) is 8.42 Å². The summed E-state index contributed by atoms with van der Waals surface area (Å²) in [5.74, 6) is 1.42. The Morgan fingerprint density at radius 2 is 1.64 bits per heavy atom. The van der Waals surface area contributed by atoms with Gasteiger partial charge in [-0.15, -0.1) is 10.2 Å². The molecule has 1 saturated carbocycles. The van der Waals surface area contributed by atoms with Gasteiger partial charge in [0.1, 0.15) is 24.0 Å². The molecule has 1 fully saturated rings. The third-order valence-corrected chi connectivity index (χ3v) is 8.56. The van der Waals surface area contributed by atoms with Crippen molar-refractivity contribution in [3.63, 3.8) is 0 Å². The van der Waals surface area contributed by atoms with E-state index in [4.69, 9.17) is 25.8 Å². The molecule has 1 aliphatic rings. The summed E-state index contributed by atoms with van der Waals surface area (Å²) in [6, 6.07) is 0. The van der Waals surface area contributed by atoms with Gasteiger partial charge in [0, 0.05) is 25.4 Å². The first-order chi connectivity index (χ1) is 17.2. The second-order valence-corrected chi connectivity index (χ2v) is 11.4. The minimum atomic E-state index is -3.85. The molecular weight excluding hydrogens is 510 g/mol. The minimum Gasteiger partial charge on any atom is -0.479 e. The Kier molecular flexibility index (Phi) is 7.71. The number of methoxy groups -OCH3 is 3. The van der Waals surface area contributed by atoms with Gasteiger partial charge >= 0.3 is 0 Å².